The molecular formula is C15H13FO3S. The normalized spacial score (nSPS) is 10.3. The lowest BCUT2D eigenvalue weighted by molar-refractivity contribution is 0.0690. The van der Waals surface area contributed by atoms with E-state index in [4.69, 9.17) is 4.74 Å². The number of carbonyl (C=O) groups is 1. The summed E-state index contributed by atoms with van der Waals surface area (Å²) in [7, 11) is 0. The molecule has 0 heterocycles. The zero-order chi connectivity index (χ0) is 14.7. The molecule has 0 aliphatic rings. The minimum atomic E-state index is -1.07. The van der Waals surface area contributed by atoms with Crippen molar-refractivity contribution in [3.63, 3.8) is 0 Å². The molecule has 0 spiro atoms. The second-order valence-electron chi connectivity index (χ2n) is 4.15. The van der Waals surface area contributed by atoms with Crippen molar-refractivity contribution in [1.29, 1.82) is 0 Å². The highest BCUT2D eigenvalue weighted by Crippen LogP contribution is 2.32. The van der Waals surface area contributed by atoms with Gasteiger partial charge in [-0.15, -0.1) is 11.8 Å². The maximum absolute atomic E-state index is 13.5. The summed E-state index contributed by atoms with van der Waals surface area (Å²) in [5, 5.41) is 9.29. The first-order valence-electron chi connectivity index (χ1n) is 5.87. The van der Waals surface area contributed by atoms with Crippen molar-refractivity contribution >= 4 is 17.7 Å². The molecule has 0 aliphatic heterocycles. The van der Waals surface area contributed by atoms with Crippen LogP contribution in [0.15, 0.2) is 41.3 Å². The molecule has 5 heteroatoms. The molecule has 2 aromatic carbocycles. The Kier molecular flexibility index (Phi) is 4.29. The molecule has 0 saturated carbocycles. The van der Waals surface area contributed by atoms with Crippen molar-refractivity contribution in [2.75, 3.05) is 6.26 Å². The van der Waals surface area contributed by atoms with Gasteiger partial charge in [0.05, 0.1) is 0 Å². The molecule has 0 unspecified atom stereocenters. The summed E-state index contributed by atoms with van der Waals surface area (Å²) in [6.45, 7) is 1.65. The lowest BCUT2D eigenvalue weighted by atomic mass is 10.2. The summed E-state index contributed by atoms with van der Waals surface area (Å²) in [5.74, 6) is -0.987. The standard InChI is InChI=1S/C15H13FO3S/c1-9-6-7-10(8-11(9)16)19-12-4-3-5-13(20-2)14(12)15(17)18/h3-8H,1-2H3,(H,17,18). The van der Waals surface area contributed by atoms with Crippen molar-refractivity contribution in [2.24, 2.45) is 0 Å². The molecule has 0 amide bonds. The summed E-state index contributed by atoms with van der Waals surface area (Å²) < 4.78 is 19.0. The lowest BCUT2D eigenvalue weighted by Crippen LogP contribution is -2.02. The van der Waals surface area contributed by atoms with Crippen LogP contribution in [0.2, 0.25) is 0 Å². The smallest absolute Gasteiger partial charge is 0.340 e. The van der Waals surface area contributed by atoms with E-state index in [2.05, 4.69) is 0 Å². The topological polar surface area (TPSA) is 46.5 Å². The van der Waals surface area contributed by atoms with Gasteiger partial charge in [0, 0.05) is 11.0 Å². The maximum Gasteiger partial charge on any atom is 0.340 e. The van der Waals surface area contributed by atoms with E-state index < -0.39 is 5.97 Å². The highest BCUT2D eigenvalue weighted by molar-refractivity contribution is 7.98. The molecule has 0 saturated heterocycles. The number of rotatable bonds is 4. The van der Waals surface area contributed by atoms with Crippen LogP contribution in [-0.4, -0.2) is 17.3 Å². The molecule has 0 aliphatic carbocycles. The van der Waals surface area contributed by atoms with Crippen LogP contribution in [0.3, 0.4) is 0 Å². The molecule has 104 valence electrons. The van der Waals surface area contributed by atoms with E-state index in [0.29, 0.717) is 10.5 Å². The Morgan fingerprint density at radius 2 is 2.05 bits per heavy atom. The molecule has 0 atom stereocenters. The SMILES string of the molecule is CSc1cccc(Oc2ccc(C)c(F)c2)c1C(=O)O. The fraction of sp³-hybridized carbons (Fsp3) is 0.133. The third kappa shape index (κ3) is 2.93. The summed E-state index contributed by atoms with van der Waals surface area (Å²) in [4.78, 5) is 11.9. The zero-order valence-electron chi connectivity index (χ0n) is 11.0. The zero-order valence-corrected chi connectivity index (χ0v) is 11.8. The highest BCUT2D eigenvalue weighted by atomic mass is 32.2. The average molecular weight is 292 g/mol. The Bertz CT molecular complexity index is 656. The van der Waals surface area contributed by atoms with E-state index in [-0.39, 0.29) is 22.9 Å². The van der Waals surface area contributed by atoms with E-state index >= 15 is 0 Å². The number of hydrogen-bond donors (Lipinski definition) is 1. The molecule has 2 aromatic rings. The highest BCUT2D eigenvalue weighted by Gasteiger charge is 2.17. The van der Waals surface area contributed by atoms with E-state index in [1.54, 1.807) is 43.5 Å². The van der Waals surface area contributed by atoms with Crippen molar-refractivity contribution in [3.8, 4) is 11.5 Å². The molecule has 0 fully saturated rings. The summed E-state index contributed by atoms with van der Waals surface area (Å²) in [5.41, 5.74) is 0.592. The number of thioether (sulfide) groups is 1. The number of aryl methyl sites for hydroxylation is 1. The number of carboxylic acid groups (broad SMARTS) is 1. The van der Waals surface area contributed by atoms with Gasteiger partial charge in [0.15, 0.2) is 0 Å². The number of aromatic carboxylic acids is 1. The third-order valence-corrected chi connectivity index (χ3v) is 3.57. The van der Waals surface area contributed by atoms with Crippen LogP contribution in [0, 0.1) is 12.7 Å². The predicted molar refractivity (Wildman–Crippen MR) is 76.4 cm³/mol. The number of benzene rings is 2. The van der Waals surface area contributed by atoms with E-state index in [1.807, 2.05) is 0 Å². The van der Waals surface area contributed by atoms with Gasteiger partial charge >= 0.3 is 5.97 Å². The van der Waals surface area contributed by atoms with Crippen molar-refractivity contribution in [2.45, 2.75) is 11.8 Å². The van der Waals surface area contributed by atoms with Crippen LogP contribution in [0.5, 0.6) is 11.5 Å². The molecule has 0 aromatic heterocycles. The average Bonchev–Trinajstić information content (AvgIpc) is 2.42. The maximum atomic E-state index is 13.5. The largest absolute Gasteiger partial charge is 0.478 e. The van der Waals surface area contributed by atoms with Gasteiger partial charge in [0.25, 0.3) is 0 Å². The summed E-state index contributed by atoms with van der Waals surface area (Å²) in [6.07, 6.45) is 1.79. The van der Waals surface area contributed by atoms with Crippen LogP contribution in [0.25, 0.3) is 0 Å². The fourth-order valence-electron chi connectivity index (χ4n) is 1.74. The quantitative estimate of drug-likeness (QED) is 0.851. The van der Waals surface area contributed by atoms with Gasteiger partial charge in [0.2, 0.25) is 0 Å². The summed E-state index contributed by atoms with van der Waals surface area (Å²) >= 11 is 1.32. The van der Waals surface area contributed by atoms with E-state index in [1.165, 1.54) is 17.8 Å². The number of hydrogen-bond acceptors (Lipinski definition) is 3. The predicted octanol–water partition coefficient (Wildman–Crippen LogP) is 4.35. The number of halogens is 1. The van der Waals surface area contributed by atoms with Crippen LogP contribution >= 0.6 is 11.8 Å². The van der Waals surface area contributed by atoms with E-state index in [0.717, 1.165) is 0 Å². The molecule has 1 N–H and O–H groups in total. The van der Waals surface area contributed by atoms with Crippen LogP contribution in [-0.2, 0) is 0 Å². The van der Waals surface area contributed by atoms with Gasteiger partial charge in [-0.25, -0.2) is 9.18 Å². The fourth-order valence-corrected chi connectivity index (χ4v) is 2.35. The Balaban J connectivity index is 2.42. The van der Waals surface area contributed by atoms with E-state index in [9.17, 15) is 14.3 Å². The van der Waals surface area contributed by atoms with Crippen molar-refractivity contribution in [3.05, 3.63) is 53.3 Å². The molecule has 2 rings (SSSR count). The van der Waals surface area contributed by atoms with Crippen molar-refractivity contribution in [1.82, 2.24) is 0 Å². The van der Waals surface area contributed by atoms with Crippen LogP contribution < -0.4 is 4.74 Å². The van der Waals surface area contributed by atoms with Crippen molar-refractivity contribution < 1.29 is 19.0 Å². The molecule has 0 bridgehead atoms. The Labute approximate surface area is 120 Å². The molecule has 0 radical (unpaired) electrons. The van der Waals surface area contributed by atoms with Gasteiger partial charge < -0.3 is 9.84 Å². The van der Waals surface area contributed by atoms with Gasteiger partial charge in [-0.2, -0.15) is 0 Å². The second kappa shape index (κ2) is 5.96. The second-order valence-corrected chi connectivity index (χ2v) is 5.00. The first-order chi connectivity index (χ1) is 9.52. The lowest BCUT2D eigenvalue weighted by Gasteiger charge is -2.11. The van der Waals surface area contributed by atoms with Crippen LogP contribution in [0.4, 0.5) is 4.39 Å². The Morgan fingerprint density at radius 3 is 2.65 bits per heavy atom. The number of ether oxygens (including phenoxy) is 1. The minimum absolute atomic E-state index is 0.0842. The number of carboxylic acids is 1. The minimum Gasteiger partial charge on any atom is -0.478 e. The van der Waals surface area contributed by atoms with Gasteiger partial charge in [0.1, 0.15) is 22.9 Å². The summed E-state index contributed by atoms with van der Waals surface area (Å²) in [6, 6.07) is 9.40. The van der Waals surface area contributed by atoms with Gasteiger partial charge in [-0.1, -0.05) is 12.1 Å². The molecule has 3 nitrogen and oxygen atoms in total. The first-order valence-corrected chi connectivity index (χ1v) is 7.09. The molecular weight excluding hydrogens is 279 g/mol. The Morgan fingerprint density at radius 1 is 1.30 bits per heavy atom. The first kappa shape index (κ1) is 14.4. The van der Waals surface area contributed by atoms with Gasteiger partial charge in [-0.3, -0.25) is 0 Å². The Hall–Kier alpha value is -2.01. The van der Waals surface area contributed by atoms with Gasteiger partial charge in [-0.05, 0) is 36.9 Å². The monoisotopic (exact) mass is 292 g/mol. The van der Waals surface area contributed by atoms with Crippen LogP contribution in [0.1, 0.15) is 15.9 Å². The molecule has 20 heavy (non-hydrogen) atoms. The third-order valence-electron chi connectivity index (χ3n) is 2.79.